The van der Waals surface area contributed by atoms with E-state index in [0.29, 0.717) is 0 Å². The second-order valence-corrected chi connectivity index (χ2v) is 4.53. The van der Waals surface area contributed by atoms with Crippen LogP contribution in [-0.2, 0) is 6.42 Å². The maximum absolute atomic E-state index is 9.23. The molecular weight excluding hydrogens is 214 g/mol. The Morgan fingerprint density at radius 1 is 1.24 bits per heavy atom. The molecule has 0 spiro atoms. The van der Waals surface area contributed by atoms with Crippen LogP contribution in [0.1, 0.15) is 5.69 Å². The lowest BCUT2D eigenvalue weighted by atomic mass is 9.98. The highest BCUT2D eigenvalue weighted by Gasteiger charge is 2.18. The molecule has 1 aliphatic heterocycles. The van der Waals surface area contributed by atoms with Gasteiger partial charge in [0.2, 0.25) is 0 Å². The zero-order valence-corrected chi connectivity index (χ0v) is 9.48. The fourth-order valence-electron chi connectivity index (χ4n) is 2.03. The maximum Gasteiger partial charge on any atom is 0.137 e. The minimum Gasteiger partial charge on any atom is -0.508 e. The van der Waals surface area contributed by atoms with Crippen LogP contribution in [0.3, 0.4) is 0 Å². The molecule has 0 atom stereocenters. The van der Waals surface area contributed by atoms with Crippen molar-refractivity contribution in [1.82, 2.24) is 15.3 Å². The molecule has 0 amide bonds. The van der Waals surface area contributed by atoms with Crippen LogP contribution in [0.15, 0.2) is 30.5 Å². The van der Waals surface area contributed by atoms with Crippen molar-refractivity contribution >= 4 is 0 Å². The van der Waals surface area contributed by atoms with Crippen LogP contribution < -0.4 is 5.32 Å². The molecule has 1 aromatic carbocycles. The van der Waals surface area contributed by atoms with Crippen LogP contribution in [0.25, 0.3) is 11.4 Å². The molecule has 0 saturated carbocycles. The summed E-state index contributed by atoms with van der Waals surface area (Å²) in [5.74, 6) is 1.89. The van der Waals surface area contributed by atoms with Crippen molar-refractivity contribution in [3.05, 3.63) is 36.2 Å². The summed E-state index contributed by atoms with van der Waals surface area (Å²) in [6.45, 7) is 2.21. The van der Waals surface area contributed by atoms with Crippen LogP contribution in [0.5, 0.6) is 5.75 Å². The Labute approximate surface area is 99.7 Å². The molecule has 0 bridgehead atoms. The van der Waals surface area contributed by atoms with Crippen LogP contribution in [0.4, 0.5) is 0 Å². The summed E-state index contributed by atoms with van der Waals surface area (Å²) in [4.78, 5) is 7.70. The number of nitrogens with one attached hydrogen (secondary N) is 2. The van der Waals surface area contributed by atoms with E-state index >= 15 is 0 Å². The van der Waals surface area contributed by atoms with E-state index in [1.54, 1.807) is 12.1 Å². The normalized spacial score (nSPS) is 15.8. The van der Waals surface area contributed by atoms with Gasteiger partial charge in [0.25, 0.3) is 0 Å². The molecule has 88 valence electrons. The zero-order chi connectivity index (χ0) is 11.7. The van der Waals surface area contributed by atoms with Crippen molar-refractivity contribution in [2.45, 2.75) is 6.42 Å². The summed E-state index contributed by atoms with van der Waals surface area (Å²) < 4.78 is 0. The number of phenolic OH excluding ortho intramolecular Hbond substituents is 1. The molecule has 0 unspecified atom stereocenters. The molecule has 1 saturated heterocycles. The topological polar surface area (TPSA) is 60.9 Å². The maximum atomic E-state index is 9.23. The van der Waals surface area contributed by atoms with E-state index in [2.05, 4.69) is 15.3 Å². The fraction of sp³-hybridized carbons (Fsp3) is 0.308. The molecule has 3 N–H and O–H groups in total. The lowest BCUT2D eigenvalue weighted by molar-refractivity contribution is 0.344. The largest absolute Gasteiger partial charge is 0.508 e. The van der Waals surface area contributed by atoms with Gasteiger partial charge in [0.15, 0.2) is 0 Å². The van der Waals surface area contributed by atoms with E-state index in [0.717, 1.165) is 36.8 Å². The molecule has 1 aliphatic rings. The summed E-state index contributed by atoms with van der Waals surface area (Å²) in [6.07, 6.45) is 2.96. The van der Waals surface area contributed by atoms with Gasteiger partial charge in [-0.05, 0) is 49.7 Å². The van der Waals surface area contributed by atoms with Crippen molar-refractivity contribution in [3.63, 3.8) is 0 Å². The van der Waals surface area contributed by atoms with Crippen molar-refractivity contribution in [2.75, 3.05) is 13.1 Å². The van der Waals surface area contributed by atoms with Gasteiger partial charge in [-0.15, -0.1) is 0 Å². The highest BCUT2D eigenvalue weighted by Crippen LogP contribution is 2.20. The van der Waals surface area contributed by atoms with Gasteiger partial charge >= 0.3 is 0 Å². The quantitative estimate of drug-likeness (QED) is 0.748. The number of aromatic nitrogens is 2. The predicted molar refractivity (Wildman–Crippen MR) is 65.8 cm³/mol. The number of phenols is 1. The number of H-pyrrole nitrogens is 1. The predicted octanol–water partition coefficient (Wildman–Crippen LogP) is 1.54. The van der Waals surface area contributed by atoms with Gasteiger partial charge in [-0.25, -0.2) is 4.98 Å². The highest BCUT2D eigenvalue weighted by molar-refractivity contribution is 5.56. The number of rotatable bonds is 3. The summed E-state index contributed by atoms with van der Waals surface area (Å²) >= 11 is 0. The summed E-state index contributed by atoms with van der Waals surface area (Å²) in [5.41, 5.74) is 2.18. The standard InChI is InChI=1S/C13H15N3O/c17-12-3-1-10(2-4-12)13-15-8-11(16-13)5-9-6-14-7-9/h1-4,8-9,14,17H,5-7H2,(H,15,16). The molecule has 2 heterocycles. The van der Waals surface area contributed by atoms with Gasteiger partial charge < -0.3 is 15.4 Å². The average Bonchev–Trinajstić information content (AvgIpc) is 2.73. The smallest absolute Gasteiger partial charge is 0.137 e. The molecule has 17 heavy (non-hydrogen) atoms. The number of aromatic hydroxyl groups is 1. The van der Waals surface area contributed by atoms with Crippen molar-refractivity contribution in [3.8, 4) is 17.1 Å². The number of hydrogen-bond donors (Lipinski definition) is 3. The van der Waals surface area contributed by atoms with E-state index in [1.165, 1.54) is 5.69 Å². The first-order valence-electron chi connectivity index (χ1n) is 5.85. The second kappa shape index (κ2) is 4.22. The monoisotopic (exact) mass is 229 g/mol. The molecule has 4 nitrogen and oxygen atoms in total. The van der Waals surface area contributed by atoms with Gasteiger partial charge in [-0.1, -0.05) is 0 Å². The Hall–Kier alpha value is -1.81. The van der Waals surface area contributed by atoms with Gasteiger partial charge in [0.05, 0.1) is 0 Å². The molecule has 0 aliphatic carbocycles. The van der Waals surface area contributed by atoms with Crippen LogP contribution in [0, 0.1) is 5.92 Å². The molecule has 4 heteroatoms. The lowest BCUT2D eigenvalue weighted by Gasteiger charge is -2.26. The van der Waals surface area contributed by atoms with Gasteiger partial charge in [0, 0.05) is 17.5 Å². The highest BCUT2D eigenvalue weighted by atomic mass is 16.3. The molecular formula is C13H15N3O. The minimum atomic E-state index is 0.279. The Bertz CT molecular complexity index is 500. The average molecular weight is 229 g/mol. The Morgan fingerprint density at radius 2 is 2.00 bits per heavy atom. The van der Waals surface area contributed by atoms with E-state index < -0.39 is 0 Å². The third kappa shape index (κ3) is 2.17. The second-order valence-electron chi connectivity index (χ2n) is 4.53. The Morgan fingerprint density at radius 3 is 2.65 bits per heavy atom. The van der Waals surface area contributed by atoms with Crippen molar-refractivity contribution < 1.29 is 5.11 Å². The Balaban J connectivity index is 1.76. The third-order valence-electron chi connectivity index (χ3n) is 3.14. The summed E-state index contributed by atoms with van der Waals surface area (Å²) in [7, 11) is 0. The minimum absolute atomic E-state index is 0.279. The van der Waals surface area contributed by atoms with E-state index in [4.69, 9.17) is 0 Å². The number of benzene rings is 1. The number of nitrogens with zero attached hydrogens (tertiary/aromatic N) is 1. The Kier molecular flexibility index (Phi) is 2.57. The summed E-state index contributed by atoms with van der Waals surface area (Å²) in [5, 5.41) is 12.5. The molecule has 0 radical (unpaired) electrons. The zero-order valence-electron chi connectivity index (χ0n) is 9.48. The van der Waals surface area contributed by atoms with Gasteiger partial charge in [-0.3, -0.25) is 0 Å². The first-order chi connectivity index (χ1) is 8.31. The lowest BCUT2D eigenvalue weighted by Crippen LogP contribution is -2.43. The van der Waals surface area contributed by atoms with E-state index in [-0.39, 0.29) is 5.75 Å². The SMILES string of the molecule is Oc1ccc(-c2ncc(CC3CNC3)[nH]2)cc1. The van der Waals surface area contributed by atoms with Crippen molar-refractivity contribution in [1.29, 1.82) is 0 Å². The van der Waals surface area contributed by atoms with Crippen LogP contribution in [-0.4, -0.2) is 28.2 Å². The molecule has 2 aromatic rings. The molecule has 3 rings (SSSR count). The van der Waals surface area contributed by atoms with Crippen LogP contribution in [0.2, 0.25) is 0 Å². The molecule has 1 fully saturated rings. The van der Waals surface area contributed by atoms with E-state index in [1.807, 2.05) is 18.3 Å². The molecule has 1 aromatic heterocycles. The fourth-order valence-corrected chi connectivity index (χ4v) is 2.03. The number of hydrogen-bond acceptors (Lipinski definition) is 3. The number of aromatic amines is 1. The van der Waals surface area contributed by atoms with Crippen molar-refractivity contribution in [2.24, 2.45) is 5.92 Å². The first-order valence-corrected chi connectivity index (χ1v) is 5.85. The first kappa shape index (κ1) is 10.4. The van der Waals surface area contributed by atoms with Gasteiger partial charge in [0.1, 0.15) is 11.6 Å². The third-order valence-corrected chi connectivity index (χ3v) is 3.14. The van der Waals surface area contributed by atoms with E-state index in [9.17, 15) is 5.11 Å². The van der Waals surface area contributed by atoms with Crippen LogP contribution >= 0.6 is 0 Å². The number of imidazole rings is 1. The van der Waals surface area contributed by atoms with Gasteiger partial charge in [-0.2, -0.15) is 0 Å². The summed E-state index contributed by atoms with van der Waals surface area (Å²) in [6, 6.07) is 7.08.